The van der Waals surface area contributed by atoms with Gasteiger partial charge in [-0.3, -0.25) is 20.0 Å². The third-order valence-electron chi connectivity index (χ3n) is 4.49. The minimum Gasteiger partial charge on any atom is -0.325 e. The molecular formula is C22H16ClN5O3S. The molecule has 1 aromatic heterocycles. The second kappa shape index (κ2) is 9.63. The molecule has 0 aliphatic heterocycles. The summed E-state index contributed by atoms with van der Waals surface area (Å²) in [6.45, 7) is 0. The topological polar surface area (TPSA) is 114 Å². The highest BCUT2D eigenvalue weighted by molar-refractivity contribution is 8.00. The van der Waals surface area contributed by atoms with Crippen molar-refractivity contribution in [1.82, 2.24) is 15.2 Å². The molecule has 0 fully saturated rings. The van der Waals surface area contributed by atoms with Gasteiger partial charge in [0.25, 0.3) is 5.69 Å². The van der Waals surface area contributed by atoms with Crippen LogP contribution in [0.5, 0.6) is 0 Å². The lowest BCUT2D eigenvalue weighted by molar-refractivity contribution is -0.384. The number of benzene rings is 3. The first-order valence-electron chi connectivity index (χ1n) is 9.45. The number of nitrogens with one attached hydrogen (secondary N) is 2. The average Bonchev–Trinajstić information content (AvgIpc) is 3.28. The van der Waals surface area contributed by atoms with Gasteiger partial charge >= 0.3 is 0 Å². The monoisotopic (exact) mass is 465 g/mol. The predicted octanol–water partition coefficient (Wildman–Crippen LogP) is 5.51. The third kappa shape index (κ3) is 4.96. The molecule has 0 unspecified atom stereocenters. The van der Waals surface area contributed by atoms with Crippen LogP contribution in [0.3, 0.4) is 0 Å². The van der Waals surface area contributed by atoms with Crippen molar-refractivity contribution in [2.24, 2.45) is 0 Å². The second-order valence-electron chi connectivity index (χ2n) is 6.65. The van der Waals surface area contributed by atoms with E-state index in [-0.39, 0.29) is 22.3 Å². The van der Waals surface area contributed by atoms with E-state index in [1.807, 2.05) is 60.7 Å². The molecule has 160 valence electrons. The summed E-state index contributed by atoms with van der Waals surface area (Å²) in [5.74, 6) is 0.220. The molecule has 0 saturated carbocycles. The zero-order chi connectivity index (χ0) is 22.5. The molecule has 1 atom stereocenters. The number of carbonyl (C=O) groups excluding carboxylic acids is 1. The van der Waals surface area contributed by atoms with Crippen molar-refractivity contribution in [3.63, 3.8) is 0 Å². The van der Waals surface area contributed by atoms with Gasteiger partial charge < -0.3 is 5.32 Å². The quantitative estimate of drug-likeness (QED) is 0.211. The molecule has 0 saturated heterocycles. The van der Waals surface area contributed by atoms with Crippen molar-refractivity contribution in [3.8, 4) is 11.4 Å². The number of hydrogen-bond donors (Lipinski definition) is 2. The van der Waals surface area contributed by atoms with Crippen molar-refractivity contribution in [3.05, 3.63) is 99.6 Å². The summed E-state index contributed by atoms with van der Waals surface area (Å²) < 4.78 is 0. The van der Waals surface area contributed by atoms with Gasteiger partial charge in [-0.1, -0.05) is 84.0 Å². The zero-order valence-electron chi connectivity index (χ0n) is 16.4. The maximum absolute atomic E-state index is 13.2. The predicted molar refractivity (Wildman–Crippen MR) is 124 cm³/mol. The van der Waals surface area contributed by atoms with Crippen molar-refractivity contribution >= 4 is 40.6 Å². The summed E-state index contributed by atoms with van der Waals surface area (Å²) in [6, 6.07) is 22.8. The van der Waals surface area contributed by atoms with Gasteiger partial charge in [-0.25, -0.2) is 4.98 Å². The average molecular weight is 466 g/mol. The van der Waals surface area contributed by atoms with E-state index in [1.165, 1.54) is 30.0 Å². The van der Waals surface area contributed by atoms with E-state index in [0.717, 1.165) is 11.1 Å². The summed E-state index contributed by atoms with van der Waals surface area (Å²) in [6.07, 6.45) is 0. The molecule has 0 spiro atoms. The van der Waals surface area contributed by atoms with Crippen LogP contribution in [0.25, 0.3) is 11.4 Å². The van der Waals surface area contributed by atoms with E-state index in [4.69, 9.17) is 11.6 Å². The molecule has 0 bridgehead atoms. The molecule has 8 nitrogen and oxygen atoms in total. The van der Waals surface area contributed by atoms with Crippen molar-refractivity contribution in [2.45, 2.75) is 10.4 Å². The van der Waals surface area contributed by atoms with Crippen molar-refractivity contribution in [1.29, 1.82) is 0 Å². The Balaban J connectivity index is 1.59. The van der Waals surface area contributed by atoms with Gasteiger partial charge in [0.15, 0.2) is 5.82 Å². The van der Waals surface area contributed by atoms with Crippen LogP contribution in [0, 0.1) is 10.1 Å². The first kappa shape index (κ1) is 21.5. The Labute approximate surface area is 192 Å². The number of nitro groups is 1. The van der Waals surface area contributed by atoms with Crippen LogP contribution >= 0.6 is 23.4 Å². The molecule has 10 heteroatoms. The molecule has 4 aromatic rings. The minimum atomic E-state index is -0.689. The van der Waals surface area contributed by atoms with Gasteiger partial charge in [0.2, 0.25) is 11.1 Å². The zero-order valence-corrected chi connectivity index (χ0v) is 18.0. The number of aromatic nitrogens is 3. The van der Waals surface area contributed by atoms with Gasteiger partial charge in [0.1, 0.15) is 10.3 Å². The number of halogens is 1. The molecule has 4 rings (SSSR count). The summed E-state index contributed by atoms with van der Waals surface area (Å²) in [4.78, 5) is 28.2. The number of anilines is 1. The van der Waals surface area contributed by atoms with E-state index >= 15 is 0 Å². The highest BCUT2D eigenvalue weighted by Crippen LogP contribution is 2.36. The molecule has 1 heterocycles. The highest BCUT2D eigenvalue weighted by atomic mass is 35.5. The summed E-state index contributed by atoms with van der Waals surface area (Å²) in [7, 11) is 0. The number of amides is 1. The van der Waals surface area contributed by atoms with E-state index in [9.17, 15) is 14.9 Å². The largest absolute Gasteiger partial charge is 0.325 e. The highest BCUT2D eigenvalue weighted by Gasteiger charge is 2.25. The lowest BCUT2D eigenvalue weighted by atomic mass is 10.1. The number of hydrogen-bond acceptors (Lipinski definition) is 6. The fourth-order valence-electron chi connectivity index (χ4n) is 2.97. The first-order chi connectivity index (χ1) is 15.5. The summed E-state index contributed by atoms with van der Waals surface area (Å²) >= 11 is 7.04. The number of rotatable bonds is 7. The fraction of sp³-hybridized carbons (Fsp3) is 0.0455. The first-order valence-corrected chi connectivity index (χ1v) is 10.7. The Morgan fingerprint density at radius 2 is 1.75 bits per heavy atom. The minimum absolute atomic E-state index is 0.00357. The van der Waals surface area contributed by atoms with Gasteiger partial charge in [-0.05, 0) is 17.7 Å². The molecule has 0 aliphatic carbocycles. The number of carbonyl (C=O) groups is 1. The normalized spacial score (nSPS) is 11.7. The molecule has 2 N–H and O–H groups in total. The Morgan fingerprint density at radius 1 is 1.06 bits per heavy atom. The van der Waals surface area contributed by atoms with Crippen LogP contribution < -0.4 is 5.32 Å². The van der Waals surface area contributed by atoms with Crippen LogP contribution in [0.1, 0.15) is 10.8 Å². The van der Waals surface area contributed by atoms with Crippen LogP contribution in [0.2, 0.25) is 5.02 Å². The maximum Gasteiger partial charge on any atom is 0.289 e. The van der Waals surface area contributed by atoms with E-state index in [2.05, 4.69) is 20.5 Å². The third-order valence-corrected chi connectivity index (χ3v) is 5.92. The molecule has 3 aromatic carbocycles. The van der Waals surface area contributed by atoms with Gasteiger partial charge in [0.05, 0.1) is 4.92 Å². The number of H-pyrrole nitrogens is 1. The number of thioether (sulfide) groups is 1. The lowest BCUT2D eigenvalue weighted by Gasteiger charge is -2.15. The summed E-state index contributed by atoms with van der Waals surface area (Å²) in [5.41, 5.74) is 1.60. The van der Waals surface area contributed by atoms with E-state index < -0.39 is 10.2 Å². The SMILES string of the molecule is O=C(Nc1ccc(Cl)c([N+](=O)[O-])c1)[C@@H](Sc1n[nH]c(-c2ccccc2)n1)c1ccccc1. The Bertz CT molecular complexity index is 1250. The molecule has 0 radical (unpaired) electrons. The van der Waals surface area contributed by atoms with Crippen LogP contribution in [-0.4, -0.2) is 26.0 Å². The number of nitro benzene ring substituents is 1. The van der Waals surface area contributed by atoms with Crippen LogP contribution in [-0.2, 0) is 4.79 Å². The Morgan fingerprint density at radius 3 is 2.44 bits per heavy atom. The Hall–Kier alpha value is -3.69. The molecule has 32 heavy (non-hydrogen) atoms. The van der Waals surface area contributed by atoms with Crippen molar-refractivity contribution < 1.29 is 9.72 Å². The molecule has 1 amide bonds. The lowest BCUT2D eigenvalue weighted by Crippen LogP contribution is -2.19. The van der Waals surface area contributed by atoms with Gasteiger partial charge in [-0.2, -0.15) is 0 Å². The van der Waals surface area contributed by atoms with Gasteiger partial charge in [-0.15, -0.1) is 5.10 Å². The second-order valence-corrected chi connectivity index (χ2v) is 8.13. The van der Waals surface area contributed by atoms with Crippen molar-refractivity contribution in [2.75, 3.05) is 5.32 Å². The van der Waals surface area contributed by atoms with E-state index in [1.54, 1.807) is 0 Å². The number of nitrogens with zero attached hydrogens (tertiary/aromatic N) is 3. The molecule has 0 aliphatic rings. The standard InChI is InChI=1S/C22H16ClN5O3S/c23-17-12-11-16(13-18(17)28(30)31)24-21(29)19(14-7-3-1-4-8-14)32-22-25-20(26-27-22)15-9-5-2-6-10-15/h1-13,19H,(H,24,29)(H,25,26,27)/t19-/m0/s1. The fourth-order valence-corrected chi connectivity index (χ4v) is 4.07. The Kier molecular flexibility index (Phi) is 6.48. The van der Waals surface area contributed by atoms with E-state index in [0.29, 0.717) is 11.0 Å². The summed E-state index contributed by atoms with van der Waals surface area (Å²) in [5, 5.41) is 20.7. The number of aromatic amines is 1. The van der Waals surface area contributed by atoms with Crippen LogP contribution in [0.4, 0.5) is 11.4 Å². The maximum atomic E-state index is 13.2. The smallest absolute Gasteiger partial charge is 0.289 e. The molecular weight excluding hydrogens is 450 g/mol. The van der Waals surface area contributed by atoms with Crippen LogP contribution in [0.15, 0.2) is 84.0 Å². The van der Waals surface area contributed by atoms with Gasteiger partial charge in [0, 0.05) is 17.3 Å².